The third-order valence-electron chi connectivity index (χ3n) is 6.12. The molecule has 1 atom stereocenters. The lowest BCUT2D eigenvalue weighted by Gasteiger charge is -2.32. The van der Waals surface area contributed by atoms with E-state index in [2.05, 4.69) is 5.32 Å². The molecule has 3 rings (SSSR count). The Hall–Kier alpha value is -3.36. The van der Waals surface area contributed by atoms with Gasteiger partial charge in [-0.1, -0.05) is 60.1 Å². The molecule has 3 aromatic rings. The molecular weight excluding hydrogens is 522 g/mol. The number of halogens is 1. The van der Waals surface area contributed by atoms with Gasteiger partial charge in [-0.3, -0.25) is 13.9 Å². The number of sulfonamides is 1. The molecule has 7 nitrogen and oxygen atoms in total. The number of nitrogens with zero attached hydrogens (tertiary/aromatic N) is 2. The fourth-order valence-electron chi connectivity index (χ4n) is 4.11. The largest absolute Gasteiger partial charge is 0.352 e. The van der Waals surface area contributed by atoms with Crippen molar-refractivity contribution < 1.29 is 18.0 Å². The lowest BCUT2D eigenvalue weighted by molar-refractivity contribution is -0.139. The highest BCUT2D eigenvalue weighted by molar-refractivity contribution is 7.92. The van der Waals surface area contributed by atoms with Gasteiger partial charge in [0.05, 0.1) is 10.6 Å². The van der Waals surface area contributed by atoms with E-state index in [-0.39, 0.29) is 23.4 Å². The van der Waals surface area contributed by atoms with E-state index in [1.165, 1.54) is 17.0 Å². The average Bonchev–Trinajstić information content (AvgIpc) is 2.88. The Kier molecular flexibility index (Phi) is 9.94. The Morgan fingerprint density at radius 2 is 1.53 bits per heavy atom. The minimum absolute atomic E-state index is 0.0589. The van der Waals surface area contributed by atoms with E-state index < -0.39 is 28.5 Å². The van der Waals surface area contributed by atoms with Crippen LogP contribution in [0.2, 0.25) is 5.02 Å². The molecule has 0 spiro atoms. The zero-order chi connectivity index (χ0) is 27.9. The van der Waals surface area contributed by atoms with Crippen LogP contribution in [0.25, 0.3) is 0 Å². The summed E-state index contributed by atoms with van der Waals surface area (Å²) in [5.74, 6) is -0.789. The van der Waals surface area contributed by atoms with Crippen LogP contribution in [0.5, 0.6) is 0 Å². The summed E-state index contributed by atoms with van der Waals surface area (Å²) in [6, 6.07) is 21.5. The van der Waals surface area contributed by atoms with Crippen molar-refractivity contribution >= 4 is 39.1 Å². The maximum absolute atomic E-state index is 13.8. The zero-order valence-electron chi connectivity index (χ0n) is 22.1. The Morgan fingerprint density at radius 3 is 2.11 bits per heavy atom. The lowest BCUT2D eigenvalue weighted by atomic mass is 10.1. The van der Waals surface area contributed by atoms with Crippen molar-refractivity contribution in [1.29, 1.82) is 0 Å². The normalized spacial score (nSPS) is 12.2. The molecule has 38 heavy (non-hydrogen) atoms. The summed E-state index contributed by atoms with van der Waals surface area (Å²) in [7, 11) is -4.11. The second-order valence-electron chi connectivity index (χ2n) is 9.42. The third-order valence-corrected chi connectivity index (χ3v) is 8.13. The number of carbonyl (C=O) groups is 2. The van der Waals surface area contributed by atoms with Gasteiger partial charge in [0.2, 0.25) is 11.8 Å². The molecule has 0 radical (unpaired) electrons. The fraction of sp³-hybridized carbons (Fsp3) is 0.310. The highest BCUT2D eigenvalue weighted by atomic mass is 35.5. The molecule has 9 heteroatoms. The molecule has 202 valence electrons. The van der Waals surface area contributed by atoms with Gasteiger partial charge >= 0.3 is 0 Å². The van der Waals surface area contributed by atoms with E-state index in [1.54, 1.807) is 50.2 Å². The molecule has 0 unspecified atom stereocenters. The molecule has 0 saturated heterocycles. The molecule has 0 fully saturated rings. The fourth-order valence-corrected chi connectivity index (χ4v) is 5.83. The van der Waals surface area contributed by atoms with Crippen molar-refractivity contribution in [1.82, 2.24) is 10.2 Å². The Morgan fingerprint density at radius 1 is 0.921 bits per heavy atom. The van der Waals surface area contributed by atoms with E-state index >= 15 is 0 Å². The molecule has 0 aliphatic carbocycles. The van der Waals surface area contributed by atoms with E-state index in [9.17, 15) is 18.0 Å². The van der Waals surface area contributed by atoms with Crippen LogP contribution in [-0.4, -0.2) is 50.3 Å². The van der Waals surface area contributed by atoms with Gasteiger partial charge in [0.25, 0.3) is 10.0 Å². The first-order chi connectivity index (χ1) is 18.0. The number of anilines is 1. The lowest BCUT2D eigenvalue weighted by Crippen LogP contribution is -2.53. The molecular formula is C29H34ClN3O4S. The summed E-state index contributed by atoms with van der Waals surface area (Å²) in [5, 5.41) is 3.31. The molecule has 0 aromatic heterocycles. The number of carbonyl (C=O) groups excluding carboxylic acids is 2. The third kappa shape index (κ3) is 7.36. The van der Waals surface area contributed by atoms with Crippen LogP contribution >= 0.6 is 11.6 Å². The Bertz CT molecular complexity index is 1350. The maximum atomic E-state index is 13.8. The standard InChI is InChI=1S/C29H34ClN3O4S/c1-21(2)31-29(35)23(4)32(18-17-24-11-7-5-8-12-24)28(34)20-33(27-16-15-25(30)19-22(27)3)38(36,37)26-13-9-6-10-14-26/h5-16,19,21,23H,17-18,20H2,1-4H3,(H,31,35)/t23-/m1/s1. The molecule has 0 heterocycles. The Labute approximate surface area is 230 Å². The smallest absolute Gasteiger partial charge is 0.264 e. The van der Waals surface area contributed by atoms with Gasteiger partial charge in [-0.25, -0.2) is 8.42 Å². The molecule has 0 aliphatic rings. The number of hydrogen-bond acceptors (Lipinski definition) is 4. The minimum Gasteiger partial charge on any atom is -0.352 e. The average molecular weight is 556 g/mol. The number of amides is 2. The first-order valence-electron chi connectivity index (χ1n) is 12.5. The quantitative estimate of drug-likeness (QED) is 0.367. The van der Waals surface area contributed by atoms with Gasteiger partial charge in [0, 0.05) is 17.6 Å². The number of aryl methyl sites for hydroxylation is 1. The SMILES string of the molecule is Cc1cc(Cl)ccc1N(CC(=O)N(CCc1ccccc1)[C@H](C)C(=O)NC(C)C)S(=O)(=O)c1ccccc1. The van der Waals surface area contributed by atoms with Gasteiger partial charge in [-0.15, -0.1) is 0 Å². The van der Waals surface area contributed by atoms with Crippen LogP contribution in [0.1, 0.15) is 31.9 Å². The van der Waals surface area contributed by atoms with E-state index in [0.717, 1.165) is 9.87 Å². The van der Waals surface area contributed by atoms with Gasteiger partial charge in [0.1, 0.15) is 12.6 Å². The molecule has 1 N–H and O–H groups in total. The predicted molar refractivity (Wildman–Crippen MR) is 152 cm³/mol. The molecule has 2 amide bonds. The molecule has 0 aliphatic heterocycles. The molecule has 3 aromatic carbocycles. The first kappa shape index (κ1) is 29.2. The highest BCUT2D eigenvalue weighted by Crippen LogP contribution is 2.29. The van der Waals surface area contributed by atoms with E-state index in [1.807, 2.05) is 44.2 Å². The summed E-state index contributed by atoms with van der Waals surface area (Å²) < 4.78 is 28.7. The van der Waals surface area contributed by atoms with Crippen LogP contribution in [0.4, 0.5) is 5.69 Å². The van der Waals surface area contributed by atoms with Gasteiger partial charge in [-0.2, -0.15) is 0 Å². The second kappa shape index (κ2) is 12.9. The summed E-state index contributed by atoms with van der Waals surface area (Å²) in [5.41, 5.74) is 1.95. The van der Waals surface area contributed by atoms with E-state index in [4.69, 9.17) is 11.6 Å². The molecule has 0 bridgehead atoms. The van der Waals surface area contributed by atoms with Crippen LogP contribution in [0.15, 0.2) is 83.8 Å². The van der Waals surface area contributed by atoms with Crippen molar-refractivity contribution in [3.8, 4) is 0 Å². The van der Waals surface area contributed by atoms with Crippen molar-refractivity contribution in [2.24, 2.45) is 0 Å². The van der Waals surface area contributed by atoms with Gasteiger partial charge < -0.3 is 10.2 Å². The van der Waals surface area contributed by atoms with Gasteiger partial charge in [-0.05, 0) is 75.6 Å². The van der Waals surface area contributed by atoms with Crippen molar-refractivity contribution in [2.45, 2.75) is 51.1 Å². The summed E-state index contributed by atoms with van der Waals surface area (Å²) in [4.78, 5) is 28.3. The number of nitrogens with one attached hydrogen (secondary N) is 1. The monoisotopic (exact) mass is 555 g/mol. The summed E-state index contributed by atoms with van der Waals surface area (Å²) in [6.07, 6.45) is 0.511. The van der Waals surface area contributed by atoms with Crippen LogP contribution in [-0.2, 0) is 26.0 Å². The van der Waals surface area contributed by atoms with Crippen molar-refractivity contribution in [3.63, 3.8) is 0 Å². The van der Waals surface area contributed by atoms with Crippen molar-refractivity contribution in [2.75, 3.05) is 17.4 Å². The first-order valence-corrected chi connectivity index (χ1v) is 14.3. The highest BCUT2D eigenvalue weighted by Gasteiger charge is 2.33. The maximum Gasteiger partial charge on any atom is 0.264 e. The second-order valence-corrected chi connectivity index (χ2v) is 11.7. The number of hydrogen-bond donors (Lipinski definition) is 1. The summed E-state index contributed by atoms with van der Waals surface area (Å²) in [6.45, 7) is 6.86. The van der Waals surface area contributed by atoms with E-state index in [0.29, 0.717) is 22.7 Å². The van der Waals surface area contributed by atoms with Crippen LogP contribution in [0, 0.1) is 6.92 Å². The van der Waals surface area contributed by atoms with Crippen LogP contribution < -0.4 is 9.62 Å². The number of benzene rings is 3. The predicted octanol–water partition coefficient (Wildman–Crippen LogP) is 4.83. The molecule has 0 saturated carbocycles. The Balaban J connectivity index is 2.00. The minimum atomic E-state index is -4.11. The van der Waals surface area contributed by atoms with Crippen LogP contribution in [0.3, 0.4) is 0 Å². The van der Waals surface area contributed by atoms with Crippen molar-refractivity contribution in [3.05, 3.63) is 95.0 Å². The topological polar surface area (TPSA) is 86.8 Å². The zero-order valence-corrected chi connectivity index (χ0v) is 23.7. The number of rotatable bonds is 11. The van der Waals surface area contributed by atoms with Gasteiger partial charge in [0.15, 0.2) is 0 Å². The summed E-state index contributed by atoms with van der Waals surface area (Å²) >= 11 is 6.14.